The van der Waals surface area contributed by atoms with Gasteiger partial charge in [-0.3, -0.25) is 4.79 Å². The van der Waals surface area contributed by atoms with Gasteiger partial charge in [-0.05, 0) is 49.2 Å². The van der Waals surface area contributed by atoms with Crippen LogP contribution in [0, 0.1) is 0 Å². The Balaban J connectivity index is 2.04. The molecular formula is C16H26N2OS. The molecule has 1 atom stereocenters. The first kappa shape index (κ1) is 15.5. The molecular weight excluding hydrogens is 268 g/mol. The predicted octanol–water partition coefficient (Wildman–Crippen LogP) is 3.30. The largest absolute Gasteiger partial charge is 0.336 e. The monoisotopic (exact) mass is 294 g/mol. The summed E-state index contributed by atoms with van der Waals surface area (Å²) in [6.45, 7) is 7.07. The molecule has 0 spiro atoms. The number of hydrogen-bond donors (Lipinski definition) is 1. The fraction of sp³-hybridized carbons (Fsp3) is 0.688. The van der Waals surface area contributed by atoms with E-state index < -0.39 is 0 Å². The van der Waals surface area contributed by atoms with E-state index in [1.54, 1.807) is 11.3 Å². The highest BCUT2D eigenvalue weighted by Crippen LogP contribution is 2.20. The summed E-state index contributed by atoms with van der Waals surface area (Å²) in [5.41, 5.74) is 1.19. The van der Waals surface area contributed by atoms with Gasteiger partial charge in [0.2, 0.25) is 0 Å². The zero-order valence-corrected chi connectivity index (χ0v) is 13.5. The van der Waals surface area contributed by atoms with Crippen LogP contribution in [-0.4, -0.2) is 36.5 Å². The first-order valence-electron chi connectivity index (χ1n) is 7.85. The van der Waals surface area contributed by atoms with Crippen molar-refractivity contribution in [3.63, 3.8) is 0 Å². The number of thiophene rings is 1. The summed E-state index contributed by atoms with van der Waals surface area (Å²) in [4.78, 5) is 15.7. The molecule has 112 valence electrons. The molecule has 0 aliphatic carbocycles. The molecule has 0 aromatic carbocycles. The molecule has 2 heterocycles. The Kier molecular flexibility index (Phi) is 6.05. The fourth-order valence-electron chi connectivity index (χ4n) is 2.84. The number of carbonyl (C=O) groups is 1. The van der Waals surface area contributed by atoms with Crippen molar-refractivity contribution in [2.75, 3.05) is 19.6 Å². The van der Waals surface area contributed by atoms with E-state index in [4.69, 9.17) is 0 Å². The molecule has 20 heavy (non-hydrogen) atoms. The van der Waals surface area contributed by atoms with Crippen molar-refractivity contribution in [2.24, 2.45) is 0 Å². The normalized spacial score (nSPS) is 19.0. The third kappa shape index (κ3) is 3.83. The predicted molar refractivity (Wildman–Crippen MR) is 85.5 cm³/mol. The Morgan fingerprint density at radius 2 is 2.30 bits per heavy atom. The van der Waals surface area contributed by atoms with E-state index in [1.807, 2.05) is 10.3 Å². The molecule has 3 nitrogen and oxygen atoms in total. The van der Waals surface area contributed by atoms with Crippen molar-refractivity contribution in [1.29, 1.82) is 0 Å². The van der Waals surface area contributed by atoms with Crippen molar-refractivity contribution >= 4 is 17.2 Å². The second-order valence-electron chi connectivity index (χ2n) is 5.53. The molecule has 2 rings (SSSR count). The van der Waals surface area contributed by atoms with E-state index in [-0.39, 0.29) is 5.91 Å². The average Bonchev–Trinajstić information content (AvgIpc) is 2.95. The molecule has 1 amide bonds. The van der Waals surface area contributed by atoms with Gasteiger partial charge in [-0.15, -0.1) is 11.3 Å². The van der Waals surface area contributed by atoms with Crippen LogP contribution in [0.2, 0.25) is 0 Å². The molecule has 1 aromatic rings. The number of carbonyl (C=O) groups excluding carboxylic acids is 1. The van der Waals surface area contributed by atoms with E-state index >= 15 is 0 Å². The van der Waals surface area contributed by atoms with Crippen LogP contribution in [0.15, 0.2) is 11.4 Å². The maximum Gasteiger partial charge on any atom is 0.264 e. The molecule has 0 saturated carbocycles. The average molecular weight is 294 g/mol. The summed E-state index contributed by atoms with van der Waals surface area (Å²) in [5, 5.41) is 5.58. The molecule has 1 aromatic heterocycles. The van der Waals surface area contributed by atoms with Crippen LogP contribution in [0.4, 0.5) is 0 Å². The smallest absolute Gasteiger partial charge is 0.264 e. The van der Waals surface area contributed by atoms with Gasteiger partial charge in [0, 0.05) is 19.1 Å². The fourth-order valence-corrected chi connectivity index (χ4v) is 3.80. The van der Waals surface area contributed by atoms with Crippen LogP contribution < -0.4 is 5.32 Å². The second kappa shape index (κ2) is 7.79. The molecule has 1 aliphatic heterocycles. The number of aryl methyl sites for hydroxylation is 1. The van der Waals surface area contributed by atoms with Crippen LogP contribution in [0.3, 0.4) is 0 Å². The molecule has 4 heteroatoms. The molecule has 0 radical (unpaired) electrons. The van der Waals surface area contributed by atoms with Gasteiger partial charge >= 0.3 is 0 Å². The number of amides is 1. The lowest BCUT2D eigenvalue weighted by atomic mass is 10.0. The van der Waals surface area contributed by atoms with Crippen molar-refractivity contribution in [3.8, 4) is 0 Å². The summed E-state index contributed by atoms with van der Waals surface area (Å²) in [6.07, 6.45) is 5.70. The maximum atomic E-state index is 12.8. The van der Waals surface area contributed by atoms with E-state index in [0.717, 1.165) is 37.4 Å². The summed E-state index contributed by atoms with van der Waals surface area (Å²) in [5.74, 6) is 0.228. The zero-order valence-electron chi connectivity index (χ0n) is 12.7. The molecule has 1 aliphatic rings. The summed E-state index contributed by atoms with van der Waals surface area (Å²) in [7, 11) is 0. The minimum Gasteiger partial charge on any atom is -0.336 e. The van der Waals surface area contributed by atoms with Gasteiger partial charge in [0.1, 0.15) is 0 Å². The third-order valence-corrected chi connectivity index (χ3v) is 4.90. The van der Waals surface area contributed by atoms with E-state index in [9.17, 15) is 4.79 Å². The minimum absolute atomic E-state index is 0.228. The molecule has 1 unspecified atom stereocenters. The first-order chi connectivity index (χ1) is 9.76. The molecule has 1 fully saturated rings. The van der Waals surface area contributed by atoms with Gasteiger partial charge in [-0.25, -0.2) is 0 Å². The van der Waals surface area contributed by atoms with Gasteiger partial charge < -0.3 is 10.2 Å². The highest BCUT2D eigenvalue weighted by atomic mass is 32.1. The number of nitrogens with one attached hydrogen (secondary N) is 1. The van der Waals surface area contributed by atoms with E-state index in [0.29, 0.717) is 6.04 Å². The Hall–Kier alpha value is -0.870. The van der Waals surface area contributed by atoms with Crippen molar-refractivity contribution in [1.82, 2.24) is 10.2 Å². The Bertz CT molecular complexity index is 424. The van der Waals surface area contributed by atoms with Gasteiger partial charge in [0.15, 0.2) is 0 Å². The summed E-state index contributed by atoms with van der Waals surface area (Å²) >= 11 is 1.59. The third-order valence-electron chi connectivity index (χ3n) is 3.96. The maximum absolute atomic E-state index is 12.8. The topological polar surface area (TPSA) is 32.3 Å². The number of nitrogens with zero attached hydrogens (tertiary/aromatic N) is 1. The van der Waals surface area contributed by atoms with E-state index in [2.05, 4.69) is 25.2 Å². The van der Waals surface area contributed by atoms with Crippen molar-refractivity contribution < 1.29 is 4.79 Å². The lowest BCUT2D eigenvalue weighted by molar-refractivity contribution is 0.0735. The summed E-state index contributed by atoms with van der Waals surface area (Å²) in [6, 6.07) is 2.56. The Morgan fingerprint density at radius 1 is 1.45 bits per heavy atom. The van der Waals surface area contributed by atoms with Crippen LogP contribution in [-0.2, 0) is 6.42 Å². The molecule has 0 bridgehead atoms. The minimum atomic E-state index is 0.228. The highest BCUT2D eigenvalue weighted by molar-refractivity contribution is 7.12. The standard InChI is InChI=1S/C16H26N2OS/c1-3-10-18(12-14-7-5-6-9-17-14)16(19)15-13(4-2)8-11-20-15/h8,11,14,17H,3-7,9-10,12H2,1-2H3. The number of hydrogen-bond acceptors (Lipinski definition) is 3. The lowest BCUT2D eigenvalue weighted by Gasteiger charge is -2.30. The van der Waals surface area contributed by atoms with Crippen LogP contribution in [0.25, 0.3) is 0 Å². The van der Waals surface area contributed by atoms with Crippen LogP contribution in [0.1, 0.15) is 54.8 Å². The van der Waals surface area contributed by atoms with E-state index in [1.165, 1.54) is 24.8 Å². The quantitative estimate of drug-likeness (QED) is 0.873. The van der Waals surface area contributed by atoms with Gasteiger partial charge in [0.25, 0.3) is 5.91 Å². The van der Waals surface area contributed by atoms with Crippen molar-refractivity contribution in [3.05, 3.63) is 21.9 Å². The second-order valence-corrected chi connectivity index (χ2v) is 6.44. The SMILES string of the molecule is CCCN(CC1CCCCN1)C(=O)c1sccc1CC. The van der Waals surface area contributed by atoms with Crippen LogP contribution in [0.5, 0.6) is 0 Å². The first-order valence-corrected chi connectivity index (χ1v) is 8.73. The van der Waals surface area contributed by atoms with Gasteiger partial charge in [-0.2, -0.15) is 0 Å². The zero-order chi connectivity index (χ0) is 14.4. The molecule has 1 N–H and O–H groups in total. The lowest BCUT2D eigenvalue weighted by Crippen LogP contribution is -2.46. The number of rotatable bonds is 6. The molecule has 1 saturated heterocycles. The van der Waals surface area contributed by atoms with Crippen LogP contribution >= 0.6 is 11.3 Å². The summed E-state index contributed by atoms with van der Waals surface area (Å²) < 4.78 is 0. The highest BCUT2D eigenvalue weighted by Gasteiger charge is 2.23. The Labute approximate surface area is 126 Å². The van der Waals surface area contributed by atoms with Gasteiger partial charge in [-0.1, -0.05) is 20.3 Å². The van der Waals surface area contributed by atoms with Gasteiger partial charge in [0.05, 0.1) is 4.88 Å². The van der Waals surface area contributed by atoms with Crippen molar-refractivity contribution in [2.45, 2.75) is 52.0 Å². The number of piperidine rings is 1. The Morgan fingerprint density at radius 3 is 2.95 bits per heavy atom.